The summed E-state index contributed by atoms with van der Waals surface area (Å²) in [5, 5.41) is 3.48. The van der Waals surface area contributed by atoms with Gasteiger partial charge in [-0.15, -0.1) is 4.98 Å². The highest BCUT2D eigenvalue weighted by atomic mass is 16.2. The highest BCUT2D eigenvalue weighted by Gasteiger charge is 2.23. The first-order valence-corrected chi connectivity index (χ1v) is 8.40. The molecule has 0 aromatic carbocycles. The summed E-state index contributed by atoms with van der Waals surface area (Å²) in [6.45, 7) is 3.14. The van der Waals surface area contributed by atoms with Crippen molar-refractivity contribution in [2.45, 2.75) is 25.8 Å². The summed E-state index contributed by atoms with van der Waals surface area (Å²) in [5.74, 6) is 0.883. The van der Waals surface area contributed by atoms with Crippen LogP contribution in [0.15, 0.2) is 30.9 Å². The van der Waals surface area contributed by atoms with Gasteiger partial charge in [0.15, 0.2) is 6.33 Å². The number of aromatic nitrogens is 5. The van der Waals surface area contributed by atoms with Crippen LogP contribution >= 0.6 is 0 Å². The fourth-order valence-corrected chi connectivity index (χ4v) is 3.20. The van der Waals surface area contributed by atoms with Crippen molar-refractivity contribution in [2.75, 3.05) is 18.4 Å². The lowest BCUT2D eigenvalue weighted by Gasteiger charge is -2.33. The number of rotatable bonds is 3. The van der Waals surface area contributed by atoms with Gasteiger partial charge in [-0.3, -0.25) is 9.78 Å². The van der Waals surface area contributed by atoms with Crippen LogP contribution in [0, 0.1) is 0 Å². The molecule has 3 aromatic rings. The highest BCUT2D eigenvalue weighted by molar-refractivity contribution is 5.76. The first-order chi connectivity index (χ1) is 12.2. The normalized spacial score (nSPS) is 17.6. The third-order valence-corrected chi connectivity index (χ3v) is 4.48. The fourth-order valence-electron chi connectivity index (χ4n) is 3.20. The van der Waals surface area contributed by atoms with E-state index in [2.05, 4.69) is 30.2 Å². The number of aromatic amines is 2. The Kier molecular flexibility index (Phi) is 4.01. The van der Waals surface area contributed by atoms with Crippen molar-refractivity contribution >= 4 is 23.0 Å². The van der Waals surface area contributed by atoms with E-state index in [9.17, 15) is 4.79 Å². The number of carbonyl (C=O) groups excluding carboxylic acids is 1. The van der Waals surface area contributed by atoms with Crippen LogP contribution in [0.25, 0.3) is 22.6 Å². The van der Waals surface area contributed by atoms with Crippen LogP contribution in [0.5, 0.6) is 0 Å². The van der Waals surface area contributed by atoms with Crippen molar-refractivity contribution in [1.29, 1.82) is 0 Å². The minimum atomic E-state index is 0.118. The lowest BCUT2D eigenvalue weighted by Crippen LogP contribution is -2.44. The topological polar surface area (TPSA) is 101 Å². The molecule has 25 heavy (non-hydrogen) atoms. The van der Waals surface area contributed by atoms with Crippen molar-refractivity contribution in [3.63, 3.8) is 0 Å². The number of nitrogens with zero attached hydrogens (tertiary/aromatic N) is 4. The maximum absolute atomic E-state index is 11.6. The molecule has 0 saturated carbocycles. The molecule has 1 aliphatic heterocycles. The van der Waals surface area contributed by atoms with Gasteiger partial charge in [-0.25, -0.2) is 15.0 Å². The molecular weight excluding hydrogens is 318 g/mol. The predicted molar refractivity (Wildman–Crippen MR) is 92.6 cm³/mol. The van der Waals surface area contributed by atoms with Gasteiger partial charge in [-0.1, -0.05) is 0 Å². The summed E-state index contributed by atoms with van der Waals surface area (Å²) in [6, 6.07) is 4.04. The molecule has 0 aliphatic carbocycles. The van der Waals surface area contributed by atoms with Gasteiger partial charge in [0.25, 0.3) is 5.65 Å². The third kappa shape index (κ3) is 3.15. The summed E-state index contributed by atoms with van der Waals surface area (Å²) in [5.41, 5.74) is 3.06. The van der Waals surface area contributed by atoms with Gasteiger partial charge in [0, 0.05) is 37.8 Å². The molecule has 1 amide bonds. The minimum absolute atomic E-state index is 0.118. The number of carbonyl (C=O) groups is 1. The second-order valence-corrected chi connectivity index (χ2v) is 6.23. The van der Waals surface area contributed by atoms with Gasteiger partial charge < -0.3 is 10.2 Å². The van der Waals surface area contributed by atoms with Gasteiger partial charge >= 0.3 is 5.65 Å². The van der Waals surface area contributed by atoms with E-state index in [-0.39, 0.29) is 11.9 Å². The number of anilines is 1. The van der Waals surface area contributed by atoms with Crippen LogP contribution in [-0.4, -0.2) is 49.9 Å². The Morgan fingerprint density at radius 3 is 3.24 bits per heavy atom. The van der Waals surface area contributed by atoms with E-state index >= 15 is 0 Å². The van der Waals surface area contributed by atoms with Crippen LogP contribution in [0.1, 0.15) is 19.8 Å². The van der Waals surface area contributed by atoms with E-state index in [1.807, 2.05) is 17.0 Å². The van der Waals surface area contributed by atoms with E-state index < -0.39 is 0 Å². The molecule has 1 fully saturated rings. The zero-order valence-electron chi connectivity index (χ0n) is 14.0. The number of amides is 1. The number of fused-ring (bicyclic) bond motifs is 1. The van der Waals surface area contributed by atoms with E-state index in [4.69, 9.17) is 0 Å². The van der Waals surface area contributed by atoms with Crippen LogP contribution in [0.3, 0.4) is 0 Å². The summed E-state index contributed by atoms with van der Waals surface area (Å²) in [6.07, 6.45) is 7.19. The molecule has 1 unspecified atom stereocenters. The number of likely N-dealkylation sites (tertiary alicyclic amines) is 1. The molecule has 3 N–H and O–H groups in total. The first kappa shape index (κ1) is 15.5. The maximum Gasteiger partial charge on any atom is 0.319 e. The fraction of sp³-hybridized carbons (Fsp3) is 0.353. The van der Waals surface area contributed by atoms with Crippen molar-refractivity contribution in [1.82, 2.24) is 24.8 Å². The Labute approximate surface area is 144 Å². The molecule has 4 heterocycles. The van der Waals surface area contributed by atoms with E-state index in [0.717, 1.165) is 36.5 Å². The lowest BCUT2D eigenvalue weighted by molar-refractivity contribution is -0.347. The third-order valence-electron chi connectivity index (χ3n) is 4.48. The van der Waals surface area contributed by atoms with Crippen LogP contribution in [0.2, 0.25) is 0 Å². The smallest absolute Gasteiger partial charge is 0.319 e. The van der Waals surface area contributed by atoms with Crippen LogP contribution in [0.4, 0.5) is 5.82 Å². The molecule has 0 spiro atoms. The molecule has 0 radical (unpaired) electrons. The highest BCUT2D eigenvalue weighted by Crippen LogP contribution is 2.26. The number of hydrogen-bond acceptors (Lipinski definition) is 5. The predicted octanol–water partition coefficient (Wildman–Crippen LogP) is 1.26. The number of nitrogens with one attached hydrogen (secondary N) is 3. The Morgan fingerprint density at radius 1 is 1.44 bits per heavy atom. The molecule has 0 bridgehead atoms. The number of imidazole rings is 1. The van der Waals surface area contributed by atoms with Gasteiger partial charge in [0.05, 0.1) is 0 Å². The van der Waals surface area contributed by atoms with Crippen LogP contribution in [-0.2, 0) is 4.79 Å². The first-order valence-electron chi connectivity index (χ1n) is 8.40. The van der Waals surface area contributed by atoms with E-state index in [1.54, 1.807) is 25.6 Å². The Balaban J connectivity index is 1.61. The second-order valence-electron chi connectivity index (χ2n) is 6.23. The summed E-state index contributed by atoms with van der Waals surface area (Å²) in [7, 11) is 0. The van der Waals surface area contributed by atoms with Gasteiger partial charge in [-0.2, -0.15) is 0 Å². The van der Waals surface area contributed by atoms with Gasteiger partial charge in [0.1, 0.15) is 17.7 Å². The Bertz CT molecular complexity index is 907. The standard InChI is InChI=1S/C17H19N7O/c1-11(25)24-7-3-4-12(9-24)22-15-13(5-2-6-18-15)14-8-19-16-17(23-14)21-10-20-16/h2,5-6,8,10,12H,3-4,7,9H2,1H3,(H,18,22)(H,19,20,21,23)/p+1. The number of hydrogen-bond donors (Lipinski definition) is 2. The van der Waals surface area contributed by atoms with Crippen molar-refractivity contribution in [3.05, 3.63) is 30.9 Å². The molecule has 1 saturated heterocycles. The quantitative estimate of drug-likeness (QED) is 0.749. The Hall–Kier alpha value is -3.03. The Morgan fingerprint density at radius 2 is 2.36 bits per heavy atom. The molecular formula is C17H20N7O+. The molecule has 3 aromatic heterocycles. The number of piperidine rings is 1. The summed E-state index contributed by atoms with van der Waals surface area (Å²) < 4.78 is 0. The molecule has 8 heteroatoms. The average Bonchev–Trinajstić information content (AvgIpc) is 3.10. The molecule has 4 rings (SSSR count). The number of H-pyrrole nitrogens is 2. The van der Waals surface area contributed by atoms with E-state index in [0.29, 0.717) is 17.8 Å². The zero-order valence-corrected chi connectivity index (χ0v) is 14.0. The summed E-state index contributed by atoms with van der Waals surface area (Å²) in [4.78, 5) is 33.0. The van der Waals surface area contributed by atoms with Crippen molar-refractivity contribution < 1.29 is 9.78 Å². The van der Waals surface area contributed by atoms with E-state index in [1.165, 1.54) is 0 Å². The van der Waals surface area contributed by atoms with Crippen LogP contribution < -0.4 is 10.3 Å². The second kappa shape index (κ2) is 6.46. The average molecular weight is 338 g/mol. The summed E-state index contributed by atoms with van der Waals surface area (Å²) >= 11 is 0. The number of pyridine rings is 1. The lowest BCUT2D eigenvalue weighted by atomic mass is 10.0. The molecule has 128 valence electrons. The SMILES string of the molecule is CC(=O)N1CCCC(Nc2ncccc2-c2cnc3[nH+]c[nH]c3n2)C1. The van der Waals surface area contributed by atoms with Crippen molar-refractivity contribution in [2.24, 2.45) is 0 Å². The largest absolute Gasteiger partial charge is 0.365 e. The zero-order chi connectivity index (χ0) is 17.2. The minimum Gasteiger partial charge on any atom is -0.365 e. The molecule has 1 aliphatic rings. The van der Waals surface area contributed by atoms with Gasteiger partial charge in [-0.05, 0) is 25.0 Å². The van der Waals surface area contributed by atoms with Gasteiger partial charge in [0.2, 0.25) is 5.91 Å². The maximum atomic E-state index is 11.6. The molecule has 1 atom stereocenters. The monoisotopic (exact) mass is 338 g/mol. The van der Waals surface area contributed by atoms with Crippen molar-refractivity contribution in [3.8, 4) is 11.3 Å². The molecule has 8 nitrogen and oxygen atoms in total.